The molecular weight excluding hydrogens is 416 g/mol. The number of rotatable bonds is 4. The first kappa shape index (κ1) is 18.5. The number of aryl methyl sites for hydroxylation is 1. The number of carbonyl (C=O) groups is 2. The standard InChI is InChI=1S/C19H17BrN2O3S/c1-3-25-17(23)11-22-15-8-7-14(20)10-16(15)26-19(22)21-18(24)13-6-4-5-12(2)9-13/h4-10H,3,11H2,1-2H3. The van der Waals surface area contributed by atoms with E-state index < -0.39 is 0 Å². The van der Waals surface area contributed by atoms with Crippen LogP contribution in [0.15, 0.2) is 51.9 Å². The lowest BCUT2D eigenvalue weighted by molar-refractivity contribution is -0.143. The Morgan fingerprint density at radius 2 is 2.04 bits per heavy atom. The average molecular weight is 433 g/mol. The summed E-state index contributed by atoms with van der Waals surface area (Å²) < 4.78 is 8.63. The second kappa shape index (κ2) is 7.97. The van der Waals surface area contributed by atoms with Crippen molar-refractivity contribution >= 4 is 49.4 Å². The number of fused-ring (bicyclic) bond motifs is 1. The summed E-state index contributed by atoms with van der Waals surface area (Å²) in [5, 5.41) is 0. The molecule has 3 aromatic rings. The van der Waals surface area contributed by atoms with Crippen LogP contribution in [0.2, 0.25) is 0 Å². The van der Waals surface area contributed by atoms with Crippen molar-refractivity contribution in [1.82, 2.24) is 4.57 Å². The normalized spacial score (nSPS) is 11.7. The van der Waals surface area contributed by atoms with Crippen molar-refractivity contribution in [2.24, 2.45) is 4.99 Å². The molecule has 0 aliphatic heterocycles. The summed E-state index contributed by atoms with van der Waals surface area (Å²) in [6, 6.07) is 13.0. The van der Waals surface area contributed by atoms with Crippen molar-refractivity contribution < 1.29 is 14.3 Å². The van der Waals surface area contributed by atoms with E-state index >= 15 is 0 Å². The van der Waals surface area contributed by atoms with Crippen LogP contribution in [0.5, 0.6) is 0 Å². The predicted molar refractivity (Wildman–Crippen MR) is 105 cm³/mol. The van der Waals surface area contributed by atoms with Crippen molar-refractivity contribution in [3.63, 3.8) is 0 Å². The fraction of sp³-hybridized carbons (Fsp3) is 0.211. The van der Waals surface area contributed by atoms with Gasteiger partial charge in [0, 0.05) is 10.0 Å². The van der Waals surface area contributed by atoms with Gasteiger partial charge in [-0.25, -0.2) is 0 Å². The van der Waals surface area contributed by atoms with Gasteiger partial charge in [-0.2, -0.15) is 4.99 Å². The molecule has 0 N–H and O–H groups in total. The van der Waals surface area contributed by atoms with Gasteiger partial charge < -0.3 is 9.30 Å². The zero-order chi connectivity index (χ0) is 18.7. The summed E-state index contributed by atoms with van der Waals surface area (Å²) in [4.78, 5) is 29.3. The van der Waals surface area contributed by atoms with E-state index in [2.05, 4.69) is 20.9 Å². The molecule has 0 bridgehead atoms. The lowest BCUT2D eigenvalue weighted by atomic mass is 10.1. The highest BCUT2D eigenvalue weighted by atomic mass is 79.9. The van der Waals surface area contributed by atoms with Gasteiger partial charge in [0.2, 0.25) is 0 Å². The van der Waals surface area contributed by atoms with Gasteiger partial charge in [0.1, 0.15) is 6.54 Å². The number of amides is 1. The summed E-state index contributed by atoms with van der Waals surface area (Å²) in [6.45, 7) is 4.00. The molecule has 0 aliphatic carbocycles. The Morgan fingerprint density at radius 1 is 1.23 bits per heavy atom. The quantitative estimate of drug-likeness (QED) is 0.583. The number of hydrogen-bond acceptors (Lipinski definition) is 4. The van der Waals surface area contributed by atoms with Gasteiger partial charge in [-0.3, -0.25) is 9.59 Å². The van der Waals surface area contributed by atoms with Gasteiger partial charge >= 0.3 is 5.97 Å². The first-order chi connectivity index (χ1) is 12.5. The molecule has 26 heavy (non-hydrogen) atoms. The van der Waals surface area contributed by atoms with E-state index in [-0.39, 0.29) is 18.4 Å². The van der Waals surface area contributed by atoms with Crippen LogP contribution in [0.3, 0.4) is 0 Å². The van der Waals surface area contributed by atoms with Crippen LogP contribution >= 0.6 is 27.3 Å². The first-order valence-corrected chi connectivity index (χ1v) is 9.69. The van der Waals surface area contributed by atoms with E-state index in [1.165, 1.54) is 11.3 Å². The van der Waals surface area contributed by atoms with Crippen molar-refractivity contribution in [1.29, 1.82) is 0 Å². The average Bonchev–Trinajstić information content (AvgIpc) is 2.91. The Hall–Kier alpha value is -2.25. The number of ether oxygens (including phenoxy) is 1. The number of nitrogens with zero attached hydrogens (tertiary/aromatic N) is 2. The maximum absolute atomic E-state index is 12.6. The highest BCUT2D eigenvalue weighted by Crippen LogP contribution is 2.22. The molecule has 134 valence electrons. The van der Waals surface area contributed by atoms with E-state index in [1.54, 1.807) is 23.6 Å². The minimum absolute atomic E-state index is 0.00933. The van der Waals surface area contributed by atoms with Crippen LogP contribution in [0, 0.1) is 6.92 Å². The second-order valence-corrected chi connectivity index (χ2v) is 7.60. The van der Waals surface area contributed by atoms with E-state index in [0.29, 0.717) is 17.0 Å². The topological polar surface area (TPSA) is 60.7 Å². The maximum Gasteiger partial charge on any atom is 0.326 e. The molecule has 0 aliphatic rings. The number of esters is 1. The number of benzene rings is 2. The molecule has 1 aromatic heterocycles. The summed E-state index contributed by atoms with van der Waals surface area (Å²) in [5.41, 5.74) is 2.35. The highest BCUT2D eigenvalue weighted by Gasteiger charge is 2.13. The van der Waals surface area contributed by atoms with Gasteiger partial charge in [-0.1, -0.05) is 45.0 Å². The van der Waals surface area contributed by atoms with Gasteiger partial charge in [-0.15, -0.1) is 0 Å². The summed E-state index contributed by atoms with van der Waals surface area (Å²) in [5.74, 6) is -0.698. The molecule has 5 nitrogen and oxygen atoms in total. The zero-order valence-electron chi connectivity index (χ0n) is 14.4. The molecule has 0 unspecified atom stereocenters. The van der Waals surface area contributed by atoms with Crippen molar-refractivity contribution in [3.05, 3.63) is 62.9 Å². The zero-order valence-corrected chi connectivity index (χ0v) is 16.8. The summed E-state index contributed by atoms with van der Waals surface area (Å²) >= 11 is 4.81. The molecule has 2 aromatic carbocycles. The molecule has 0 atom stereocenters. The second-order valence-electron chi connectivity index (χ2n) is 5.67. The summed E-state index contributed by atoms with van der Waals surface area (Å²) in [7, 11) is 0. The molecule has 3 rings (SSSR count). The monoisotopic (exact) mass is 432 g/mol. The van der Waals surface area contributed by atoms with Gasteiger partial charge in [0.15, 0.2) is 4.80 Å². The molecule has 0 saturated carbocycles. The Balaban J connectivity index is 2.11. The molecule has 1 heterocycles. The van der Waals surface area contributed by atoms with Crippen LogP contribution < -0.4 is 4.80 Å². The fourth-order valence-corrected chi connectivity index (χ4v) is 4.13. The van der Waals surface area contributed by atoms with Gasteiger partial charge in [0.25, 0.3) is 5.91 Å². The third-order valence-corrected chi connectivity index (χ3v) is 5.23. The smallest absolute Gasteiger partial charge is 0.326 e. The number of carbonyl (C=O) groups excluding carboxylic acids is 2. The van der Waals surface area contributed by atoms with Crippen molar-refractivity contribution in [3.8, 4) is 0 Å². The van der Waals surface area contributed by atoms with E-state index in [0.717, 1.165) is 20.3 Å². The third-order valence-electron chi connectivity index (χ3n) is 3.70. The molecule has 0 radical (unpaired) electrons. The molecule has 0 spiro atoms. The van der Waals surface area contributed by atoms with E-state index in [4.69, 9.17) is 4.74 Å². The largest absolute Gasteiger partial charge is 0.465 e. The molecule has 0 saturated heterocycles. The Labute approximate surface area is 163 Å². The van der Waals surface area contributed by atoms with E-state index in [9.17, 15) is 9.59 Å². The maximum atomic E-state index is 12.6. The lowest BCUT2D eigenvalue weighted by Crippen LogP contribution is -2.23. The minimum Gasteiger partial charge on any atom is -0.465 e. The molecular formula is C19H17BrN2O3S. The Kier molecular flexibility index (Phi) is 5.68. The van der Waals surface area contributed by atoms with Crippen LogP contribution in [-0.4, -0.2) is 23.1 Å². The number of aromatic nitrogens is 1. The van der Waals surface area contributed by atoms with Crippen molar-refractivity contribution in [2.45, 2.75) is 20.4 Å². The van der Waals surface area contributed by atoms with Crippen molar-refractivity contribution in [2.75, 3.05) is 6.61 Å². The fourth-order valence-electron chi connectivity index (χ4n) is 2.55. The Bertz CT molecular complexity index is 1050. The van der Waals surface area contributed by atoms with Gasteiger partial charge in [-0.05, 0) is 44.2 Å². The lowest BCUT2D eigenvalue weighted by Gasteiger charge is -2.05. The molecule has 0 fully saturated rings. The minimum atomic E-state index is -0.362. The van der Waals surface area contributed by atoms with Gasteiger partial charge in [0.05, 0.1) is 16.8 Å². The molecule has 1 amide bonds. The molecule has 7 heteroatoms. The van der Waals surface area contributed by atoms with Crippen LogP contribution in [0.1, 0.15) is 22.8 Å². The Morgan fingerprint density at radius 3 is 2.77 bits per heavy atom. The highest BCUT2D eigenvalue weighted by molar-refractivity contribution is 9.10. The SMILES string of the molecule is CCOC(=O)Cn1c(=NC(=O)c2cccc(C)c2)sc2cc(Br)ccc21. The third kappa shape index (κ3) is 4.11. The number of halogens is 1. The first-order valence-electron chi connectivity index (χ1n) is 8.08. The van der Waals surface area contributed by atoms with Crippen LogP contribution in [0.25, 0.3) is 10.2 Å². The van der Waals surface area contributed by atoms with E-state index in [1.807, 2.05) is 37.3 Å². The van der Waals surface area contributed by atoms with Crippen LogP contribution in [0.4, 0.5) is 0 Å². The number of hydrogen-bond donors (Lipinski definition) is 0. The predicted octanol–water partition coefficient (Wildman–Crippen LogP) is 4.08. The van der Waals surface area contributed by atoms with Crippen LogP contribution in [-0.2, 0) is 16.1 Å². The number of thiazole rings is 1. The summed E-state index contributed by atoms with van der Waals surface area (Å²) in [6.07, 6.45) is 0.